The van der Waals surface area contributed by atoms with Crippen molar-refractivity contribution in [2.45, 2.75) is 52.4 Å². The second-order valence-electron chi connectivity index (χ2n) is 4.81. The molecule has 3 atom stereocenters. The van der Waals surface area contributed by atoms with Gasteiger partial charge in [-0.25, -0.2) is 0 Å². The standard InChI is InChI=1S/C15H25NO2/c1-5-10-16-11(2)14-6-8-15(9-7-14)18-13(4)12(3)17/h6-9,11-13,16-17H,5,10H2,1-4H3. The van der Waals surface area contributed by atoms with E-state index in [4.69, 9.17) is 4.74 Å². The lowest BCUT2D eigenvalue weighted by molar-refractivity contribution is 0.0604. The summed E-state index contributed by atoms with van der Waals surface area (Å²) in [5.74, 6) is 0.801. The van der Waals surface area contributed by atoms with Crippen LogP contribution in [-0.4, -0.2) is 23.9 Å². The Morgan fingerprint density at radius 2 is 1.78 bits per heavy atom. The van der Waals surface area contributed by atoms with Crippen LogP contribution < -0.4 is 10.1 Å². The van der Waals surface area contributed by atoms with Crippen LogP contribution in [0.3, 0.4) is 0 Å². The highest BCUT2D eigenvalue weighted by Gasteiger charge is 2.10. The minimum atomic E-state index is -0.463. The molecule has 0 bridgehead atoms. The van der Waals surface area contributed by atoms with Crippen molar-refractivity contribution in [1.29, 1.82) is 0 Å². The lowest BCUT2D eigenvalue weighted by Gasteiger charge is -2.18. The predicted octanol–water partition coefficient (Wildman–Crippen LogP) is 2.90. The molecule has 3 unspecified atom stereocenters. The van der Waals surface area contributed by atoms with Gasteiger partial charge >= 0.3 is 0 Å². The zero-order valence-electron chi connectivity index (χ0n) is 11.8. The Balaban J connectivity index is 2.56. The van der Waals surface area contributed by atoms with E-state index in [0.29, 0.717) is 6.04 Å². The van der Waals surface area contributed by atoms with E-state index in [0.717, 1.165) is 18.7 Å². The molecule has 0 heterocycles. The van der Waals surface area contributed by atoms with E-state index >= 15 is 0 Å². The number of ether oxygens (including phenoxy) is 1. The van der Waals surface area contributed by atoms with Crippen LogP contribution in [0.5, 0.6) is 5.75 Å². The number of benzene rings is 1. The fraction of sp³-hybridized carbons (Fsp3) is 0.600. The van der Waals surface area contributed by atoms with Gasteiger partial charge in [0, 0.05) is 6.04 Å². The fourth-order valence-corrected chi connectivity index (χ4v) is 1.63. The average Bonchev–Trinajstić information content (AvgIpc) is 2.36. The molecule has 18 heavy (non-hydrogen) atoms. The van der Waals surface area contributed by atoms with Gasteiger partial charge in [-0.1, -0.05) is 19.1 Å². The Bertz CT molecular complexity index is 335. The van der Waals surface area contributed by atoms with Gasteiger partial charge in [0.2, 0.25) is 0 Å². The normalized spacial score (nSPS) is 16.1. The third-order valence-corrected chi connectivity index (χ3v) is 3.08. The van der Waals surface area contributed by atoms with Crippen LogP contribution >= 0.6 is 0 Å². The quantitative estimate of drug-likeness (QED) is 0.783. The highest BCUT2D eigenvalue weighted by atomic mass is 16.5. The van der Waals surface area contributed by atoms with Gasteiger partial charge in [-0.05, 0) is 51.4 Å². The smallest absolute Gasteiger partial charge is 0.121 e. The summed E-state index contributed by atoms with van der Waals surface area (Å²) in [6.07, 6.45) is 0.485. The summed E-state index contributed by atoms with van der Waals surface area (Å²) in [4.78, 5) is 0. The summed E-state index contributed by atoms with van der Waals surface area (Å²) >= 11 is 0. The third-order valence-electron chi connectivity index (χ3n) is 3.08. The van der Waals surface area contributed by atoms with Gasteiger partial charge in [-0.2, -0.15) is 0 Å². The minimum absolute atomic E-state index is 0.188. The molecule has 2 N–H and O–H groups in total. The summed E-state index contributed by atoms with van der Waals surface area (Å²) in [6.45, 7) is 8.94. The van der Waals surface area contributed by atoms with Gasteiger partial charge in [0.25, 0.3) is 0 Å². The molecule has 0 fully saturated rings. The van der Waals surface area contributed by atoms with Gasteiger partial charge in [0.15, 0.2) is 0 Å². The second kappa shape index (κ2) is 7.39. The van der Waals surface area contributed by atoms with Gasteiger partial charge in [-0.15, -0.1) is 0 Å². The van der Waals surface area contributed by atoms with Crippen LogP contribution in [0.25, 0.3) is 0 Å². The molecular formula is C15H25NO2. The van der Waals surface area contributed by atoms with Crippen molar-refractivity contribution in [3.63, 3.8) is 0 Å². The van der Waals surface area contributed by atoms with Crippen molar-refractivity contribution < 1.29 is 9.84 Å². The van der Waals surface area contributed by atoms with Crippen molar-refractivity contribution in [3.05, 3.63) is 29.8 Å². The van der Waals surface area contributed by atoms with Crippen LogP contribution in [0.15, 0.2) is 24.3 Å². The first-order valence-electron chi connectivity index (χ1n) is 6.72. The number of rotatable bonds is 7. The van der Waals surface area contributed by atoms with E-state index in [2.05, 4.69) is 31.3 Å². The number of hydrogen-bond donors (Lipinski definition) is 2. The molecule has 0 aliphatic rings. The van der Waals surface area contributed by atoms with Crippen molar-refractivity contribution in [3.8, 4) is 5.75 Å². The molecule has 0 radical (unpaired) electrons. The van der Waals surface area contributed by atoms with Crippen LogP contribution in [0.1, 0.15) is 45.7 Å². The van der Waals surface area contributed by atoms with Gasteiger partial charge < -0.3 is 15.2 Å². The molecular weight excluding hydrogens is 226 g/mol. The molecule has 0 amide bonds. The van der Waals surface area contributed by atoms with Crippen molar-refractivity contribution >= 4 is 0 Å². The van der Waals surface area contributed by atoms with E-state index < -0.39 is 6.10 Å². The van der Waals surface area contributed by atoms with E-state index in [9.17, 15) is 5.11 Å². The van der Waals surface area contributed by atoms with Gasteiger partial charge in [-0.3, -0.25) is 0 Å². The lowest BCUT2D eigenvalue weighted by Crippen LogP contribution is -2.25. The zero-order valence-corrected chi connectivity index (χ0v) is 11.8. The molecule has 0 saturated carbocycles. The molecule has 0 aliphatic carbocycles. The highest BCUT2D eigenvalue weighted by molar-refractivity contribution is 5.29. The Morgan fingerprint density at radius 1 is 1.17 bits per heavy atom. The van der Waals surface area contributed by atoms with E-state index in [1.807, 2.05) is 19.1 Å². The van der Waals surface area contributed by atoms with Crippen LogP contribution in [0.4, 0.5) is 0 Å². The van der Waals surface area contributed by atoms with Crippen molar-refractivity contribution in [2.75, 3.05) is 6.54 Å². The van der Waals surface area contributed by atoms with Gasteiger partial charge in [0.05, 0.1) is 6.10 Å². The number of hydrogen-bond acceptors (Lipinski definition) is 3. The van der Waals surface area contributed by atoms with Crippen molar-refractivity contribution in [1.82, 2.24) is 5.32 Å². The topological polar surface area (TPSA) is 41.5 Å². The third kappa shape index (κ3) is 4.67. The largest absolute Gasteiger partial charge is 0.488 e. The number of aliphatic hydroxyl groups excluding tert-OH is 1. The maximum atomic E-state index is 9.39. The summed E-state index contributed by atoms with van der Waals surface area (Å²) in [5, 5.41) is 12.8. The molecule has 102 valence electrons. The van der Waals surface area contributed by atoms with Crippen molar-refractivity contribution in [2.24, 2.45) is 0 Å². The molecule has 0 aliphatic heterocycles. The summed E-state index contributed by atoms with van der Waals surface area (Å²) in [6, 6.07) is 8.40. The minimum Gasteiger partial charge on any atom is -0.488 e. The SMILES string of the molecule is CCCNC(C)c1ccc(OC(C)C(C)O)cc1. The fourth-order valence-electron chi connectivity index (χ4n) is 1.63. The Kier molecular flexibility index (Phi) is 6.16. The molecule has 0 spiro atoms. The Labute approximate surface area is 110 Å². The molecule has 1 aromatic carbocycles. The first kappa shape index (κ1) is 15.0. The summed E-state index contributed by atoms with van der Waals surface area (Å²) in [7, 11) is 0. The first-order chi connectivity index (χ1) is 8.54. The molecule has 0 aromatic heterocycles. The van der Waals surface area contributed by atoms with Crippen LogP contribution in [-0.2, 0) is 0 Å². The molecule has 3 heteroatoms. The maximum absolute atomic E-state index is 9.39. The Morgan fingerprint density at radius 3 is 2.28 bits per heavy atom. The Hall–Kier alpha value is -1.06. The average molecular weight is 251 g/mol. The van der Waals surface area contributed by atoms with E-state index in [1.54, 1.807) is 6.92 Å². The molecule has 1 rings (SSSR count). The summed E-state index contributed by atoms with van der Waals surface area (Å²) in [5.41, 5.74) is 1.25. The highest BCUT2D eigenvalue weighted by Crippen LogP contribution is 2.19. The molecule has 3 nitrogen and oxygen atoms in total. The number of nitrogens with one attached hydrogen (secondary N) is 1. The predicted molar refractivity (Wildman–Crippen MR) is 74.9 cm³/mol. The lowest BCUT2D eigenvalue weighted by atomic mass is 10.1. The van der Waals surface area contributed by atoms with Crippen LogP contribution in [0, 0.1) is 0 Å². The molecule has 1 aromatic rings. The first-order valence-corrected chi connectivity index (χ1v) is 6.72. The zero-order chi connectivity index (χ0) is 13.5. The van der Waals surface area contributed by atoms with E-state index in [-0.39, 0.29) is 6.10 Å². The molecule has 0 saturated heterocycles. The van der Waals surface area contributed by atoms with E-state index in [1.165, 1.54) is 5.56 Å². The maximum Gasteiger partial charge on any atom is 0.121 e. The monoisotopic (exact) mass is 251 g/mol. The van der Waals surface area contributed by atoms with Crippen LogP contribution in [0.2, 0.25) is 0 Å². The second-order valence-corrected chi connectivity index (χ2v) is 4.81. The summed E-state index contributed by atoms with van der Waals surface area (Å²) < 4.78 is 5.62. The number of aliphatic hydroxyl groups is 1. The van der Waals surface area contributed by atoms with Gasteiger partial charge in [0.1, 0.15) is 11.9 Å².